The Kier molecular flexibility index (Phi) is 7.96. The van der Waals surface area contributed by atoms with E-state index in [4.69, 9.17) is 21.1 Å². The van der Waals surface area contributed by atoms with E-state index in [1.807, 2.05) is 7.05 Å². The lowest BCUT2D eigenvalue weighted by atomic mass is 10.0. The number of carbonyl (C=O) groups excluding carboxylic acids is 1. The Bertz CT molecular complexity index is 1210. The number of nitrogens with zero attached hydrogens (tertiary/aromatic N) is 2. The molecule has 0 saturated heterocycles. The maximum Gasteiger partial charge on any atom is 0.242 e. The van der Waals surface area contributed by atoms with Crippen molar-refractivity contribution in [2.45, 2.75) is 17.4 Å². The molecule has 0 aliphatic rings. The summed E-state index contributed by atoms with van der Waals surface area (Å²) in [5, 5.41) is 3.03. The fourth-order valence-electron chi connectivity index (χ4n) is 3.22. The second-order valence-corrected chi connectivity index (χ2v) is 9.26. The van der Waals surface area contributed by atoms with Gasteiger partial charge in [-0.1, -0.05) is 23.7 Å². The van der Waals surface area contributed by atoms with Crippen LogP contribution in [0.15, 0.2) is 59.8 Å². The van der Waals surface area contributed by atoms with E-state index in [9.17, 15) is 13.2 Å². The second-order valence-electron chi connectivity index (χ2n) is 7.12. The fourth-order valence-corrected chi connectivity index (χ4v) is 4.77. The number of hydrogen-bond donors (Lipinski definition) is 2. The smallest absolute Gasteiger partial charge is 0.242 e. The molecule has 9 nitrogen and oxygen atoms in total. The van der Waals surface area contributed by atoms with Crippen LogP contribution in [0.1, 0.15) is 23.9 Å². The van der Waals surface area contributed by atoms with Crippen molar-refractivity contribution < 1.29 is 22.7 Å². The Morgan fingerprint density at radius 2 is 1.82 bits per heavy atom. The molecule has 0 aliphatic carbocycles. The second kappa shape index (κ2) is 10.7. The molecule has 0 radical (unpaired) electrons. The van der Waals surface area contributed by atoms with Crippen LogP contribution in [0.4, 0.5) is 0 Å². The van der Waals surface area contributed by atoms with E-state index in [-0.39, 0.29) is 28.8 Å². The number of rotatable bonds is 10. The van der Waals surface area contributed by atoms with Gasteiger partial charge < -0.3 is 19.4 Å². The molecule has 1 heterocycles. The third-order valence-corrected chi connectivity index (χ3v) is 6.86. The molecule has 3 rings (SSSR count). The molecule has 3 aromatic rings. The van der Waals surface area contributed by atoms with Crippen molar-refractivity contribution in [3.05, 3.63) is 71.3 Å². The Morgan fingerprint density at radius 1 is 1.15 bits per heavy atom. The van der Waals surface area contributed by atoms with Gasteiger partial charge in [-0.25, -0.2) is 18.1 Å². The third kappa shape index (κ3) is 6.04. The first-order chi connectivity index (χ1) is 15.7. The van der Waals surface area contributed by atoms with Crippen LogP contribution in [0.2, 0.25) is 5.02 Å². The van der Waals surface area contributed by atoms with Crippen molar-refractivity contribution in [2.24, 2.45) is 7.05 Å². The third-order valence-electron chi connectivity index (χ3n) is 4.90. The number of carbonyl (C=O) groups is 1. The highest BCUT2D eigenvalue weighted by atomic mass is 35.5. The number of imidazole rings is 1. The largest absolute Gasteiger partial charge is 0.497 e. The zero-order chi connectivity index (χ0) is 24.0. The minimum absolute atomic E-state index is 0.0403. The molecule has 2 aromatic carbocycles. The van der Waals surface area contributed by atoms with Gasteiger partial charge in [0.05, 0.1) is 19.2 Å². The normalized spacial score (nSPS) is 12.2. The summed E-state index contributed by atoms with van der Waals surface area (Å²) in [6.45, 7) is -0.103. The minimum Gasteiger partial charge on any atom is -0.497 e. The van der Waals surface area contributed by atoms with Crippen LogP contribution in [0.25, 0.3) is 0 Å². The molecule has 1 aromatic heterocycles. The molecular formula is C22H25ClN4O5S. The van der Waals surface area contributed by atoms with Crippen molar-refractivity contribution in [1.82, 2.24) is 19.6 Å². The molecule has 176 valence electrons. The number of amides is 1. The SMILES string of the molecule is COc1cc(OC)cc(C(NC(=O)CCNS(=O)(=O)c2ccccc2Cl)c2nccn2C)c1. The Balaban J connectivity index is 1.75. The number of methoxy groups -OCH3 is 2. The van der Waals surface area contributed by atoms with Crippen LogP contribution in [0.3, 0.4) is 0 Å². The van der Waals surface area contributed by atoms with Gasteiger partial charge in [0.2, 0.25) is 15.9 Å². The molecule has 1 unspecified atom stereocenters. The van der Waals surface area contributed by atoms with Gasteiger partial charge in [-0.15, -0.1) is 0 Å². The van der Waals surface area contributed by atoms with E-state index in [0.29, 0.717) is 22.9 Å². The Morgan fingerprint density at radius 3 is 2.39 bits per heavy atom. The number of aryl methyl sites for hydroxylation is 1. The topological polar surface area (TPSA) is 112 Å². The average molecular weight is 493 g/mol. The Hall–Kier alpha value is -3.08. The number of benzene rings is 2. The van der Waals surface area contributed by atoms with Gasteiger partial charge in [0.15, 0.2) is 0 Å². The molecule has 33 heavy (non-hydrogen) atoms. The predicted octanol–water partition coefficient (Wildman–Crippen LogP) is 2.66. The van der Waals surface area contributed by atoms with Gasteiger partial charge in [-0.05, 0) is 29.8 Å². The van der Waals surface area contributed by atoms with Crippen LogP contribution in [-0.4, -0.2) is 44.6 Å². The summed E-state index contributed by atoms with van der Waals surface area (Å²) in [6, 6.07) is 10.8. The first-order valence-electron chi connectivity index (χ1n) is 9.99. The van der Waals surface area contributed by atoms with E-state index in [1.54, 1.807) is 47.3 Å². The van der Waals surface area contributed by atoms with E-state index in [2.05, 4.69) is 15.0 Å². The lowest BCUT2D eigenvalue weighted by molar-refractivity contribution is -0.121. The van der Waals surface area contributed by atoms with Gasteiger partial charge >= 0.3 is 0 Å². The quantitative estimate of drug-likeness (QED) is 0.450. The maximum absolute atomic E-state index is 12.8. The van der Waals surface area contributed by atoms with Gasteiger partial charge in [0.1, 0.15) is 28.3 Å². The molecule has 0 fully saturated rings. The first kappa shape index (κ1) is 24.6. The summed E-state index contributed by atoms with van der Waals surface area (Å²) < 4.78 is 39.9. The van der Waals surface area contributed by atoms with Crippen molar-refractivity contribution in [2.75, 3.05) is 20.8 Å². The summed E-state index contributed by atoms with van der Waals surface area (Å²) in [7, 11) is 1.05. The van der Waals surface area contributed by atoms with Gasteiger partial charge in [-0.2, -0.15) is 0 Å². The van der Waals surface area contributed by atoms with Crippen LogP contribution in [0.5, 0.6) is 11.5 Å². The lowest BCUT2D eigenvalue weighted by Gasteiger charge is -2.20. The number of halogens is 1. The molecule has 0 bridgehead atoms. The fraction of sp³-hybridized carbons (Fsp3) is 0.273. The highest BCUT2D eigenvalue weighted by molar-refractivity contribution is 7.89. The standard InChI is InChI=1S/C22H25ClN4O5S/c1-27-11-10-24-22(27)21(15-12-16(31-2)14-17(13-15)32-3)26-20(28)8-9-25-33(29,30)19-7-5-4-6-18(19)23/h4-7,10-14,21,25H,8-9H2,1-3H3,(H,26,28). The first-order valence-corrected chi connectivity index (χ1v) is 11.8. The summed E-state index contributed by atoms with van der Waals surface area (Å²) in [6.07, 6.45) is 3.30. The zero-order valence-corrected chi connectivity index (χ0v) is 20.0. The molecule has 0 spiro atoms. The van der Waals surface area contributed by atoms with Crippen LogP contribution >= 0.6 is 11.6 Å². The number of ether oxygens (including phenoxy) is 2. The van der Waals surface area contributed by atoms with Crippen LogP contribution < -0.4 is 19.5 Å². The highest BCUT2D eigenvalue weighted by Crippen LogP contribution is 2.29. The van der Waals surface area contributed by atoms with E-state index in [0.717, 1.165) is 0 Å². The summed E-state index contributed by atoms with van der Waals surface area (Å²) in [4.78, 5) is 17.1. The van der Waals surface area contributed by atoms with Crippen molar-refractivity contribution >= 4 is 27.5 Å². The number of nitrogens with one attached hydrogen (secondary N) is 2. The van der Waals surface area contributed by atoms with Gasteiger partial charge in [0, 0.05) is 38.5 Å². The van der Waals surface area contributed by atoms with Crippen molar-refractivity contribution in [3.63, 3.8) is 0 Å². The molecule has 2 N–H and O–H groups in total. The molecule has 1 amide bonds. The minimum atomic E-state index is -3.85. The predicted molar refractivity (Wildman–Crippen MR) is 124 cm³/mol. The summed E-state index contributed by atoms with van der Waals surface area (Å²) in [5.74, 6) is 1.34. The number of sulfonamides is 1. The van der Waals surface area contributed by atoms with E-state index < -0.39 is 16.1 Å². The van der Waals surface area contributed by atoms with Crippen LogP contribution in [0, 0.1) is 0 Å². The van der Waals surface area contributed by atoms with E-state index in [1.165, 1.54) is 26.4 Å². The Labute approximate surface area is 197 Å². The summed E-state index contributed by atoms with van der Waals surface area (Å²) >= 11 is 5.98. The zero-order valence-electron chi connectivity index (χ0n) is 18.4. The molecule has 1 atom stereocenters. The van der Waals surface area contributed by atoms with Crippen LogP contribution in [-0.2, 0) is 21.9 Å². The highest BCUT2D eigenvalue weighted by Gasteiger charge is 2.23. The van der Waals surface area contributed by atoms with Crippen molar-refractivity contribution in [1.29, 1.82) is 0 Å². The monoisotopic (exact) mass is 492 g/mol. The number of aromatic nitrogens is 2. The lowest BCUT2D eigenvalue weighted by Crippen LogP contribution is -2.34. The van der Waals surface area contributed by atoms with Gasteiger partial charge in [-0.3, -0.25) is 4.79 Å². The van der Waals surface area contributed by atoms with E-state index >= 15 is 0 Å². The number of hydrogen-bond acceptors (Lipinski definition) is 6. The van der Waals surface area contributed by atoms with Crippen molar-refractivity contribution in [3.8, 4) is 11.5 Å². The average Bonchev–Trinajstić information content (AvgIpc) is 3.22. The molecular weight excluding hydrogens is 468 g/mol. The maximum atomic E-state index is 12.8. The molecule has 0 aliphatic heterocycles. The molecule has 11 heteroatoms. The molecule has 0 saturated carbocycles. The summed E-state index contributed by atoms with van der Waals surface area (Å²) in [5.41, 5.74) is 0.700. The van der Waals surface area contributed by atoms with Gasteiger partial charge in [0.25, 0.3) is 0 Å².